The summed E-state index contributed by atoms with van der Waals surface area (Å²) in [4.78, 5) is 7.55. The average molecular weight is 322 g/mol. The molecule has 0 bridgehead atoms. The van der Waals surface area contributed by atoms with E-state index < -0.39 is 16.7 Å². The summed E-state index contributed by atoms with van der Waals surface area (Å²) in [5.74, 6) is -1.55. The number of nitrogen functional groups attached to an aromatic ring is 1. The van der Waals surface area contributed by atoms with Crippen LogP contribution in [0.4, 0.5) is 10.1 Å². The van der Waals surface area contributed by atoms with E-state index in [0.717, 1.165) is 5.69 Å². The Morgan fingerprint density at radius 1 is 1.30 bits per heavy atom. The van der Waals surface area contributed by atoms with Gasteiger partial charge in [0.1, 0.15) is 5.69 Å². The fourth-order valence-electron chi connectivity index (χ4n) is 1.34. The standard InChI is InChI=1S/C11H9ClFN3O.C2H6.K/c1-5-2-3-6(4-15-5)10-8(13)9(14)7(12)11(17)16-10;1-2;/h2-4H,1H3,(H3,14,16,17);1-2H3;/q;;+1/p-1. The van der Waals surface area contributed by atoms with Crippen LogP contribution in [0.3, 0.4) is 0 Å². The van der Waals surface area contributed by atoms with Crippen molar-refractivity contribution in [2.75, 3.05) is 5.73 Å². The fraction of sp³-hybridized carbons (Fsp3) is 0.231. The molecule has 0 amide bonds. The molecule has 2 heterocycles. The van der Waals surface area contributed by atoms with Gasteiger partial charge in [0.2, 0.25) is 0 Å². The molecule has 0 aliphatic heterocycles. The molecule has 0 atom stereocenters. The summed E-state index contributed by atoms with van der Waals surface area (Å²) in [6, 6.07) is 3.30. The Kier molecular flexibility index (Phi) is 8.81. The molecule has 0 spiro atoms. The molecule has 0 aliphatic rings. The summed E-state index contributed by atoms with van der Waals surface area (Å²) in [5, 5.41) is 10.9. The number of aromatic nitrogens is 2. The Hall–Kier alpha value is -0.244. The van der Waals surface area contributed by atoms with Crippen LogP contribution in [0.1, 0.15) is 19.5 Å². The van der Waals surface area contributed by atoms with Crippen molar-refractivity contribution in [2.24, 2.45) is 0 Å². The number of nitrogens with zero attached hydrogens (tertiary/aromatic N) is 2. The number of rotatable bonds is 1. The second kappa shape index (κ2) is 8.91. The van der Waals surface area contributed by atoms with Gasteiger partial charge < -0.3 is 10.8 Å². The summed E-state index contributed by atoms with van der Waals surface area (Å²) in [6.07, 6.45) is 1.42. The fourth-order valence-corrected chi connectivity index (χ4v) is 1.46. The average Bonchev–Trinajstić information content (AvgIpc) is 2.44. The monoisotopic (exact) mass is 321 g/mol. The van der Waals surface area contributed by atoms with Crippen LogP contribution in [-0.4, -0.2) is 9.97 Å². The zero-order valence-electron chi connectivity index (χ0n) is 11.9. The first-order valence-electron chi connectivity index (χ1n) is 5.75. The molecule has 4 nitrogen and oxygen atoms in total. The van der Waals surface area contributed by atoms with Crippen molar-refractivity contribution in [2.45, 2.75) is 20.8 Å². The van der Waals surface area contributed by atoms with Gasteiger partial charge in [-0.15, -0.1) is 0 Å². The third-order valence-corrected chi connectivity index (χ3v) is 2.63. The molecule has 20 heavy (non-hydrogen) atoms. The molecule has 0 aliphatic carbocycles. The molecule has 102 valence electrons. The van der Waals surface area contributed by atoms with Crippen LogP contribution in [-0.2, 0) is 0 Å². The van der Waals surface area contributed by atoms with E-state index in [1.54, 1.807) is 19.1 Å². The predicted molar refractivity (Wildman–Crippen MR) is 72.4 cm³/mol. The minimum absolute atomic E-state index is 0. The van der Waals surface area contributed by atoms with Gasteiger partial charge in [0.15, 0.2) is 5.82 Å². The van der Waals surface area contributed by atoms with Crippen molar-refractivity contribution < 1.29 is 60.9 Å². The first kappa shape index (κ1) is 19.8. The van der Waals surface area contributed by atoms with Crippen molar-refractivity contribution in [3.05, 3.63) is 34.9 Å². The number of hydrogen-bond donors (Lipinski definition) is 1. The summed E-state index contributed by atoms with van der Waals surface area (Å²) in [7, 11) is 0. The normalized spacial score (nSPS) is 9.25. The maximum atomic E-state index is 13.8. The number of hydrogen-bond acceptors (Lipinski definition) is 4. The van der Waals surface area contributed by atoms with Gasteiger partial charge in [-0.3, -0.25) is 9.97 Å². The molecule has 0 radical (unpaired) electrons. The van der Waals surface area contributed by atoms with E-state index in [1.807, 2.05) is 13.8 Å². The topological polar surface area (TPSA) is 74.9 Å². The van der Waals surface area contributed by atoms with Gasteiger partial charge in [-0.25, -0.2) is 4.39 Å². The molecule has 0 saturated heterocycles. The third kappa shape index (κ3) is 4.38. The largest absolute Gasteiger partial charge is 1.00 e. The molecule has 7 heteroatoms. The molecule has 0 aromatic carbocycles. The van der Waals surface area contributed by atoms with Crippen LogP contribution in [0.15, 0.2) is 18.3 Å². The summed E-state index contributed by atoms with van der Waals surface area (Å²) in [6.45, 7) is 5.79. The van der Waals surface area contributed by atoms with Gasteiger partial charge in [-0.05, 0) is 19.1 Å². The van der Waals surface area contributed by atoms with Crippen LogP contribution in [0.2, 0.25) is 5.02 Å². The molecule has 2 rings (SSSR count). The Morgan fingerprint density at radius 3 is 2.40 bits per heavy atom. The van der Waals surface area contributed by atoms with Crippen LogP contribution in [0, 0.1) is 12.7 Å². The number of pyridine rings is 2. The van der Waals surface area contributed by atoms with Crippen molar-refractivity contribution in [1.82, 2.24) is 9.97 Å². The summed E-state index contributed by atoms with van der Waals surface area (Å²) >= 11 is 5.51. The predicted octanol–water partition coefficient (Wildman–Crippen LogP) is -0.0695. The van der Waals surface area contributed by atoms with Crippen LogP contribution >= 0.6 is 11.6 Å². The molecular formula is C13H14ClFKN3O. The van der Waals surface area contributed by atoms with Gasteiger partial charge in [0.25, 0.3) is 0 Å². The second-order valence-corrected chi connectivity index (χ2v) is 3.87. The molecule has 2 N–H and O–H groups in total. The van der Waals surface area contributed by atoms with Gasteiger partial charge in [-0.1, -0.05) is 25.4 Å². The first-order chi connectivity index (χ1) is 9.00. The maximum Gasteiger partial charge on any atom is 1.00 e. The Labute approximate surface area is 165 Å². The number of anilines is 1. The SMILES string of the molecule is CC.Cc1ccc(-c2nc([O-])c(Cl)c(N)c2F)cn1.[K+]. The summed E-state index contributed by atoms with van der Waals surface area (Å²) in [5.41, 5.74) is 6.02. The third-order valence-electron chi connectivity index (χ3n) is 2.27. The van der Waals surface area contributed by atoms with Gasteiger partial charge in [0.05, 0.1) is 10.7 Å². The van der Waals surface area contributed by atoms with E-state index in [2.05, 4.69) is 9.97 Å². The van der Waals surface area contributed by atoms with E-state index in [9.17, 15) is 9.50 Å². The Balaban J connectivity index is 0.00000115. The van der Waals surface area contributed by atoms with Gasteiger partial charge >= 0.3 is 51.4 Å². The number of halogens is 2. The van der Waals surface area contributed by atoms with E-state index >= 15 is 0 Å². The smallest absolute Gasteiger partial charge is 0.858 e. The van der Waals surface area contributed by atoms with Crippen LogP contribution < -0.4 is 62.2 Å². The van der Waals surface area contributed by atoms with E-state index in [0.29, 0.717) is 5.56 Å². The van der Waals surface area contributed by atoms with Crippen molar-refractivity contribution in [1.29, 1.82) is 0 Å². The van der Waals surface area contributed by atoms with Crippen molar-refractivity contribution in [3.63, 3.8) is 0 Å². The minimum Gasteiger partial charge on any atom is -0.858 e. The van der Waals surface area contributed by atoms with Gasteiger partial charge in [-0.2, -0.15) is 0 Å². The van der Waals surface area contributed by atoms with E-state index in [-0.39, 0.29) is 62.8 Å². The molecular weight excluding hydrogens is 308 g/mol. The Morgan fingerprint density at radius 2 is 1.90 bits per heavy atom. The van der Waals surface area contributed by atoms with Crippen molar-refractivity contribution >= 4 is 17.3 Å². The van der Waals surface area contributed by atoms with E-state index in [1.165, 1.54) is 6.20 Å². The minimum atomic E-state index is -0.805. The molecule has 2 aromatic rings. The molecule has 0 fully saturated rings. The first-order valence-corrected chi connectivity index (χ1v) is 6.13. The Bertz CT molecular complexity index is 579. The van der Waals surface area contributed by atoms with Crippen LogP contribution in [0.25, 0.3) is 11.3 Å². The molecule has 0 unspecified atom stereocenters. The second-order valence-electron chi connectivity index (χ2n) is 3.50. The van der Waals surface area contributed by atoms with Crippen LogP contribution in [0.5, 0.6) is 5.88 Å². The quantitative estimate of drug-likeness (QED) is 0.746. The molecule has 0 saturated carbocycles. The van der Waals surface area contributed by atoms with Gasteiger partial charge in [0, 0.05) is 23.3 Å². The summed E-state index contributed by atoms with van der Waals surface area (Å²) < 4.78 is 13.8. The zero-order valence-corrected chi connectivity index (χ0v) is 15.7. The van der Waals surface area contributed by atoms with Crippen molar-refractivity contribution in [3.8, 4) is 17.1 Å². The molecule has 2 aromatic heterocycles. The number of aryl methyl sites for hydroxylation is 1. The maximum absolute atomic E-state index is 13.8. The zero-order chi connectivity index (χ0) is 14.6. The number of nitrogens with two attached hydrogens (primary N) is 1. The van der Waals surface area contributed by atoms with E-state index in [4.69, 9.17) is 17.3 Å².